The molecule has 0 aromatic heterocycles. The number of rotatable bonds is 4. The van der Waals surface area contributed by atoms with Crippen LogP contribution in [0.25, 0.3) is 0 Å². The van der Waals surface area contributed by atoms with Gasteiger partial charge in [-0.25, -0.2) is 0 Å². The maximum Gasteiger partial charge on any atom is 0.119 e. The normalized spacial score (nSPS) is 24.6. The van der Waals surface area contributed by atoms with Crippen molar-refractivity contribution in [3.8, 4) is 5.75 Å². The minimum Gasteiger partial charge on any atom is -0.493 e. The quantitative estimate of drug-likeness (QED) is 0.864. The molecule has 1 heterocycles. The predicted molar refractivity (Wildman–Crippen MR) is 66.2 cm³/mol. The van der Waals surface area contributed by atoms with Crippen LogP contribution in [0.1, 0.15) is 24.5 Å². The molecule has 17 heavy (non-hydrogen) atoms. The summed E-state index contributed by atoms with van der Waals surface area (Å²) in [6.07, 6.45) is 2.86. The maximum atomic E-state index is 5.72. The topological polar surface area (TPSA) is 30.5 Å². The minimum atomic E-state index is 0.196. The van der Waals surface area contributed by atoms with E-state index in [1.165, 1.54) is 18.4 Å². The fraction of sp³-hybridized carbons (Fsp3) is 0.571. The number of hydrogen-bond donors (Lipinski definition) is 1. The molecule has 3 rings (SSSR count). The molecule has 1 unspecified atom stereocenters. The van der Waals surface area contributed by atoms with Crippen molar-refractivity contribution in [2.24, 2.45) is 5.92 Å². The number of ether oxygens (including phenoxy) is 2. The third-order valence-corrected chi connectivity index (χ3v) is 3.36. The SMILES string of the molecule is c1cc(C2CNCCO2)ccc1OCC1CC1. The molecule has 1 aromatic rings. The first-order valence-electron chi connectivity index (χ1n) is 6.47. The second-order valence-corrected chi connectivity index (χ2v) is 4.89. The minimum absolute atomic E-state index is 0.196. The molecule has 1 atom stereocenters. The van der Waals surface area contributed by atoms with Crippen LogP contribution in [0.2, 0.25) is 0 Å². The van der Waals surface area contributed by atoms with Crippen molar-refractivity contribution in [2.45, 2.75) is 18.9 Å². The number of nitrogens with one attached hydrogen (secondary N) is 1. The molecule has 3 nitrogen and oxygen atoms in total. The molecule has 1 saturated carbocycles. The van der Waals surface area contributed by atoms with Gasteiger partial charge in [-0.2, -0.15) is 0 Å². The van der Waals surface area contributed by atoms with Crippen LogP contribution in [-0.4, -0.2) is 26.3 Å². The lowest BCUT2D eigenvalue weighted by atomic mass is 10.1. The molecular formula is C14H19NO2. The van der Waals surface area contributed by atoms with Crippen molar-refractivity contribution in [1.82, 2.24) is 5.32 Å². The van der Waals surface area contributed by atoms with Crippen LogP contribution >= 0.6 is 0 Å². The molecule has 1 aromatic carbocycles. The number of hydrogen-bond acceptors (Lipinski definition) is 3. The zero-order chi connectivity index (χ0) is 11.5. The van der Waals surface area contributed by atoms with Crippen LogP contribution in [-0.2, 0) is 4.74 Å². The van der Waals surface area contributed by atoms with Gasteiger partial charge in [0.2, 0.25) is 0 Å². The summed E-state index contributed by atoms with van der Waals surface area (Å²) in [6, 6.07) is 8.32. The highest BCUT2D eigenvalue weighted by atomic mass is 16.5. The van der Waals surface area contributed by atoms with Crippen LogP contribution in [0, 0.1) is 5.92 Å². The second kappa shape index (κ2) is 5.07. The number of benzene rings is 1. The summed E-state index contributed by atoms with van der Waals surface area (Å²) in [5, 5.41) is 3.34. The lowest BCUT2D eigenvalue weighted by Gasteiger charge is -2.24. The van der Waals surface area contributed by atoms with Gasteiger partial charge >= 0.3 is 0 Å². The van der Waals surface area contributed by atoms with Gasteiger partial charge in [-0.1, -0.05) is 12.1 Å². The first-order chi connectivity index (χ1) is 8.42. The highest BCUT2D eigenvalue weighted by Crippen LogP contribution is 2.30. The second-order valence-electron chi connectivity index (χ2n) is 4.89. The van der Waals surface area contributed by atoms with Crippen molar-refractivity contribution in [2.75, 3.05) is 26.3 Å². The summed E-state index contributed by atoms with van der Waals surface area (Å²) >= 11 is 0. The van der Waals surface area contributed by atoms with E-state index in [0.717, 1.165) is 38.0 Å². The summed E-state index contributed by atoms with van der Waals surface area (Å²) in [7, 11) is 0. The van der Waals surface area contributed by atoms with E-state index in [2.05, 4.69) is 29.6 Å². The van der Waals surface area contributed by atoms with E-state index in [-0.39, 0.29) is 6.10 Å². The monoisotopic (exact) mass is 233 g/mol. The molecule has 0 radical (unpaired) electrons. The van der Waals surface area contributed by atoms with E-state index in [4.69, 9.17) is 9.47 Å². The van der Waals surface area contributed by atoms with Crippen LogP contribution < -0.4 is 10.1 Å². The molecule has 2 aliphatic rings. The lowest BCUT2D eigenvalue weighted by Crippen LogP contribution is -2.33. The van der Waals surface area contributed by atoms with E-state index >= 15 is 0 Å². The Hall–Kier alpha value is -1.06. The van der Waals surface area contributed by atoms with E-state index < -0.39 is 0 Å². The predicted octanol–water partition coefficient (Wildman–Crippen LogP) is 2.14. The Kier molecular flexibility index (Phi) is 3.29. The average molecular weight is 233 g/mol. The zero-order valence-corrected chi connectivity index (χ0v) is 10.0. The molecule has 0 bridgehead atoms. The van der Waals surface area contributed by atoms with Gasteiger partial charge in [0.15, 0.2) is 0 Å². The van der Waals surface area contributed by atoms with E-state index in [9.17, 15) is 0 Å². The van der Waals surface area contributed by atoms with Crippen molar-refractivity contribution in [3.05, 3.63) is 29.8 Å². The van der Waals surface area contributed by atoms with Gasteiger partial charge in [0.1, 0.15) is 5.75 Å². The van der Waals surface area contributed by atoms with Crippen LogP contribution in [0.3, 0.4) is 0 Å². The molecule has 1 N–H and O–H groups in total. The molecule has 2 fully saturated rings. The number of morpholine rings is 1. The summed E-state index contributed by atoms with van der Waals surface area (Å²) < 4.78 is 11.4. The highest BCUT2D eigenvalue weighted by Gasteiger charge is 2.22. The van der Waals surface area contributed by atoms with Gasteiger partial charge in [0.25, 0.3) is 0 Å². The largest absolute Gasteiger partial charge is 0.493 e. The highest BCUT2D eigenvalue weighted by molar-refractivity contribution is 5.29. The van der Waals surface area contributed by atoms with E-state index in [0.29, 0.717) is 0 Å². The molecular weight excluding hydrogens is 214 g/mol. The Bertz CT molecular complexity index is 353. The van der Waals surface area contributed by atoms with Gasteiger partial charge in [0.05, 0.1) is 19.3 Å². The Labute approximate surface area is 102 Å². The maximum absolute atomic E-state index is 5.72. The van der Waals surface area contributed by atoms with Crippen molar-refractivity contribution >= 4 is 0 Å². The Morgan fingerprint density at radius 1 is 1.24 bits per heavy atom. The standard InChI is InChI=1S/C14H19NO2/c1-2-11(1)10-17-13-5-3-12(4-6-13)14-9-15-7-8-16-14/h3-6,11,14-15H,1-2,7-10H2. The summed E-state index contributed by atoms with van der Waals surface area (Å²) in [4.78, 5) is 0. The fourth-order valence-corrected chi connectivity index (χ4v) is 2.06. The van der Waals surface area contributed by atoms with Crippen molar-refractivity contribution in [1.29, 1.82) is 0 Å². The van der Waals surface area contributed by atoms with Gasteiger partial charge in [-0.05, 0) is 36.5 Å². The molecule has 0 spiro atoms. The summed E-state index contributed by atoms with van der Waals surface area (Å²) in [5.41, 5.74) is 1.23. The van der Waals surface area contributed by atoms with Crippen LogP contribution in [0.4, 0.5) is 0 Å². The molecule has 92 valence electrons. The Morgan fingerprint density at radius 2 is 2.06 bits per heavy atom. The lowest BCUT2D eigenvalue weighted by molar-refractivity contribution is 0.0277. The van der Waals surface area contributed by atoms with Crippen molar-refractivity contribution in [3.63, 3.8) is 0 Å². The average Bonchev–Trinajstić information content (AvgIpc) is 3.22. The Morgan fingerprint density at radius 3 is 2.71 bits per heavy atom. The third-order valence-electron chi connectivity index (χ3n) is 3.36. The van der Waals surface area contributed by atoms with Crippen molar-refractivity contribution < 1.29 is 9.47 Å². The molecule has 1 aliphatic carbocycles. The zero-order valence-electron chi connectivity index (χ0n) is 10.0. The first-order valence-corrected chi connectivity index (χ1v) is 6.47. The first kappa shape index (κ1) is 11.1. The smallest absolute Gasteiger partial charge is 0.119 e. The van der Waals surface area contributed by atoms with Gasteiger partial charge < -0.3 is 14.8 Å². The van der Waals surface area contributed by atoms with E-state index in [1.54, 1.807) is 0 Å². The van der Waals surface area contributed by atoms with Crippen LogP contribution in [0.15, 0.2) is 24.3 Å². The Balaban J connectivity index is 1.58. The van der Waals surface area contributed by atoms with E-state index in [1.807, 2.05) is 0 Å². The molecule has 0 amide bonds. The molecule has 1 saturated heterocycles. The van der Waals surface area contributed by atoms with Gasteiger partial charge in [-0.3, -0.25) is 0 Å². The van der Waals surface area contributed by atoms with Gasteiger partial charge in [0, 0.05) is 13.1 Å². The summed E-state index contributed by atoms with van der Waals surface area (Å²) in [5.74, 6) is 1.78. The van der Waals surface area contributed by atoms with Crippen LogP contribution in [0.5, 0.6) is 5.75 Å². The molecule has 1 aliphatic heterocycles. The fourth-order valence-electron chi connectivity index (χ4n) is 2.06. The molecule has 3 heteroatoms. The third kappa shape index (κ3) is 2.99. The summed E-state index contributed by atoms with van der Waals surface area (Å²) in [6.45, 7) is 3.53. The van der Waals surface area contributed by atoms with Gasteiger partial charge in [-0.15, -0.1) is 0 Å².